The minimum absolute atomic E-state index is 0.793. The zero-order valence-electron chi connectivity index (χ0n) is 12.4. The summed E-state index contributed by atoms with van der Waals surface area (Å²) in [6.07, 6.45) is 2.67. The van der Waals surface area contributed by atoms with Crippen LogP contribution in [0.25, 0.3) is 0 Å². The molecule has 2 heterocycles. The number of fused-ring (bicyclic) bond motifs is 1. The lowest BCUT2D eigenvalue weighted by Crippen LogP contribution is -2.36. The second-order valence-electron chi connectivity index (χ2n) is 5.86. The first-order chi connectivity index (χ1) is 9.80. The maximum absolute atomic E-state index is 5.39. The Balaban J connectivity index is 1.68. The first kappa shape index (κ1) is 13.7. The van der Waals surface area contributed by atoms with E-state index in [1.165, 1.54) is 43.6 Å². The number of nitrogens with one attached hydrogen (secondary N) is 1. The molecule has 0 aromatic heterocycles. The molecule has 1 N–H and O–H groups in total. The molecule has 20 heavy (non-hydrogen) atoms. The average Bonchev–Trinajstić information content (AvgIpc) is 2.87. The van der Waals surface area contributed by atoms with Gasteiger partial charge in [-0.05, 0) is 55.1 Å². The van der Waals surface area contributed by atoms with Gasteiger partial charge in [-0.3, -0.25) is 4.90 Å². The van der Waals surface area contributed by atoms with Crippen LogP contribution in [0.1, 0.15) is 24.0 Å². The fourth-order valence-corrected chi connectivity index (χ4v) is 3.37. The van der Waals surface area contributed by atoms with E-state index < -0.39 is 0 Å². The van der Waals surface area contributed by atoms with E-state index in [-0.39, 0.29) is 0 Å². The van der Waals surface area contributed by atoms with E-state index >= 15 is 0 Å². The van der Waals surface area contributed by atoms with Crippen molar-refractivity contribution >= 4 is 0 Å². The molecule has 110 valence electrons. The van der Waals surface area contributed by atoms with Gasteiger partial charge in [-0.2, -0.15) is 0 Å². The Bertz CT molecular complexity index is 437. The number of hydrogen-bond acceptors (Lipinski definition) is 4. The normalized spacial score (nSPS) is 22.6. The first-order valence-corrected chi connectivity index (χ1v) is 7.47. The molecular formula is C16H24N2O2. The van der Waals surface area contributed by atoms with E-state index in [2.05, 4.69) is 22.3 Å². The van der Waals surface area contributed by atoms with Gasteiger partial charge in [-0.1, -0.05) is 0 Å². The number of methoxy groups -OCH3 is 2. The van der Waals surface area contributed by atoms with E-state index in [1.54, 1.807) is 14.2 Å². The highest BCUT2D eigenvalue weighted by atomic mass is 16.5. The summed E-state index contributed by atoms with van der Waals surface area (Å²) in [5.41, 5.74) is 2.76. The summed E-state index contributed by atoms with van der Waals surface area (Å²) in [7, 11) is 3.40. The molecule has 1 aromatic carbocycles. The Hall–Kier alpha value is -1.26. The Morgan fingerprint density at radius 1 is 1.15 bits per heavy atom. The van der Waals surface area contributed by atoms with E-state index in [4.69, 9.17) is 9.47 Å². The van der Waals surface area contributed by atoms with Crippen LogP contribution in [0.5, 0.6) is 11.5 Å². The van der Waals surface area contributed by atoms with Crippen LogP contribution in [-0.4, -0.2) is 38.8 Å². The number of piperidine rings is 1. The standard InChI is InChI=1S/C16H24N2O2/c1-19-15-6-13-10-18(9-12-4-3-5-17-8-12)11-14(13)7-16(15)20-2/h6-7,12,17H,3-5,8-11H2,1-2H3. The quantitative estimate of drug-likeness (QED) is 0.912. The van der Waals surface area contributed by atoms with Gasteiger partial charge in [0.15, 0.2) is 11.5 Å². The molecule has 3 rings (SSSR count). The molecule has 0 spiro atoms. The van der Waals surface area contributed by atoms with Gasteiger partial charge >= 0.3 is 0 Å². The van der Waals surface area contributed by atoms with Crippen molar-refractivity contribution in [2.75, 3.05) is 33.9 Å². The third-order valence-corrected chi connectivity index (χ3v) is 4.41. The summed E-state index contributed by atoms with van der Waals surface area (Å²) >= 11 is 0. The third-order valence-electron chi connectivity index (χ3n) is 4.41. The molecule has 1 atom stereocenters. The number of hydrogen-bond donors (Lipinski definition) is 1. The number of rotatable bonds is 4. The highest BCUT2D eigenvalue weighted by Crippen LogP contribution is 2.35. The summed E-state index contributed by atoms with van der Waals surface area (Å²) in [5.74, 6) is 2.47. The minimum Gasteiger partial charge on any atom is -0.493 e. The maximum atomic E-state index is 5.39. The SMILES string of the molecule is COc1cc2c(cc1OC)CN(CC1CCCNC1)C2. The van der Waals surface area contributed by atoms with Gasteiger partial charge in [0.1, 0.15) is 0 Å². The van der Waals surface area contributed by atoms with E-state index in [0.717, 1.165) is 30.5 Å². The maximum Gasteiger partial charge on any atom is 0.161 e. The lowest BCUT2D eigenvalue weighted by molar-refractivity contribution is 0.211. The van der Waals surface area contributed by atoms with Gasteiger partial charge < -0.3 is 14.8 Å². The van der Waals surface area contributed by atoms with Gasteiger partial charge in [0.05, 0.1) is 14.2 Å². The van der Waals surface area contributed by atoms with Crippen molar-refractivity contribution in [3.63, 3.8) is 0 Å². The van der Waals surface area contributed by atoms with Gasteiger partial charge in [0.2, 0.25) is 0 Å². The molecule has 1 unspecified atom stereocenters. The Morgan fingerprint density at radius 3 is 2.30 bits per heavy atom. The second-order valence-corrected chi connectivity index (χ2v) is 5.86. The largest absolute Gasteiger partial charge is 0.493 e. The van der Waals surface area contributed by atoms with Gasteiger partial charge in [-0.25, -0.2) is 0 Å². The highest BCUT2D eigenvalue weighted by molar-refractivity contribution is 5.48. The van der Waals surface area contributed by atoms with Gasteiger partial charge in [0.25, 0.3) is 0 Å². The van der Waals surface area contributed by atoms with Crippen molar-refractivity contribution in [1.82, 2.24) is 10.2 Å². The van der Waals surface area contributed by atoms with Crippen molar-refractivity contribution in [3.05, 3.63) is 23.3 Å². The predicted octanol–water partition coefficient (Wildman–Crippen LogP) is 2.02. The molecule has 4 nitrogen and oxygen atoms in total. The summed E-state index contributed by atoms with van der Waals surface area (Å²) < 4.78 is 10.8. The Kier molecular flexibility index (Phi) is 4.13. The fraction of sp³-hybridized carbons (Fsp3) is 0.625. The average molecular weight is 276 g/mol. The van der Waals surface area contributed by atoms with Gasteiger partial charge in [0, 0.05) is 19.6 Å². The monoisotopic (exact) mass is 276 g/mol. The van der Waals surface area contributed by atoms with Crippen molar-refractivity contribution in [2.45, 2.75) is 25.9 Å². The van der Waals surface area contributed by atoms with E-state index in [9.17, 15) is 0 Å². The van der Waals surface area contributed by atoms with Crippen LogP contribution in [-0.2, 0) is 13.1 Å². The molecule has 1 fully saturated rings. The second kappa shape index (κ2) is 6.02. The van der Waals surface area contributed by atoms with Crippen LogP contribution in [0.3, 0.4) is 0 Å². The molecule has 0 radical (unpaired) electrons. The summed E-state index contributed by atoms with van der Waals surface area (Å²) in [6.45, 7) is 5.61. The smallest absolute Gasteiger partial charge is 0.161 e. The molecule has 4 heteroatoms. The molecule has 0 aliphatic carbocycles. The number of nitrogens with zero attached hydrogens (tertiary/aromatic N) is 1. The Labute approximate surface area is 121 Å². The molecule has 2 aliphatic rings. The molecule has 1 aromatic rings. The van der Waals surface area contributed by atoms with Crippen LogP contribution in [0.2, 0.25) is 0 Å². The van der Waals surface area contributed by atoms with Crippen LogP contribution >= 0.6 is 0 Å². The van der Waals surface area contributed by atoms with Crippen LogP contribution < -0.4 is 14.8 Å². The van der Waals surface area contributed by atoms with Crippen molar-refractivity contribution < 1.29 is 9.47 Å². The third kappa shape index (κ3) is 2.76. The molecule has 2 aliphatic heterocycles. The summed E-state index contributed by atoms with van der Waals surface area (Å²) in [5, 5.41) is 3.50. The summed E-state index contributed by atoms with van der Waals surface area (Å²) in [6, 6.07) is 4.26. The van der Waals surface area contributed by atoms with Crippen molar-refractivity contribution in [2.24, 2.45) is 5.92 Å². The zero-order valence-corrected chi connectivity index (χ0v) is 12.4. The molecule has 1 saturated heterocycles. The number of ether oxygens (including phenoxy) is 2. The fourth-order valence-electron chi connectivity index (χ4n) is 3.37. The van der Waals surface area contributed by atoms with E-state index in [1.807, 2.05) is 0 Å². The molecule has 0 saturated carbocycles. The highest BCUT2D eigenvalue weighted by Gasteiger charge is 2.24. The molecule has 0 amide bonds. The Morgan fingerprint density at radius 2 is 1.80 bits per heavy atom. The lowest BCUT2D eigenvalue weighted by atomic mass is 9.99. The van der Waals surface area contributed by atoms with E-state index in [0.29, 0.717) is 0 Å². The van der Waals surface area contributed by atoms with Crippen LogP contribution in [0.15, 0.2) is 12.1 Å². The summed E-state index contributed by atoms with van der Waals surface area (Å²) in [4.78, 5) is 2.54. The van der Waals surface area contributed by atoms with Crippen molar-refractivity contribution in [1.29, 1.82) is 0 Å². The minimum atomic E-state index is 0.793. The van der Waals surface area contributed by atoms with Crippen molar-refractivity contribution in [3.8, 4) is 11.5 Å². The van der Waals surface area contributed by atoms with Gasteiger partial charge in [-0.15, -0.1) is 0 Å². The van der Waals surface area contributed by atoms with Crippen LogP contribution in [0.4, 0.5) is 0 Å². The topological polar surface area (TPSA) is 33.7 Å². The van der Waals surface area contributed by atoms with Crippen LogP contribution in [0, 0.1) is 5.92 Å². The zero-order chi connectivity index (χ0) is 13.9. The molecular weight excluding hydrogens is 252 g/mol. The number of benzene rings is 1. The molecule has 0 bridgehead atoms. The first-order valence-electron chi connectivity index (χ1n) is 7.47. The predicted molar refractivity (Wildman–Crippen MR) is 79.3 cm³/mol. The lowest BCUT2D eigenvalue weighted by Gasteiger charge is -2.27.